The van der Waals surface area contributed by atoms with Crippen LogP contribution in [0.4, 0.5) is 5.69 Å². The Balaban J connectivity index is 1.28. The second kappa shape index (κ2) is 7.34. The van der Waals surface area contributed by atoms with Gasteiger partial charge < -0.3 is 20.2 Å². The molecule has 0 radical (unpaired) electrons. The van der Waals surface area contributed by atoms with Crippen molar-refractivity contribution in [3.8, 4) is 0 Å². The van der Waals surface area contributed by atoms with E-state index in [0.717, 1.165) is 62.6 Å². The maximum atomic E-state index is 12.5. The third-order valence-electron chi connectivity index (χ3n) is 5.78. The SMILES string of the molecule is O=C(N[C@@H]1CCN(CC2CC2)C1)c1ccc(N2CCC(O)CC2)cc1. The molecule has 2 saturated heterocycles. The first kappa shape index (κ1) is 16.9. The van der Waals surface area contributed by atoms with E-state index in [1.165, 1.54) is 19.4 Å². The minimum atomic E-state index is -0.160. The maximum absolute atomic E-state index is 12.5. The molecule has 4 rings (SSSR count). The molecule has 0 unspecified atom stereocenters. The van der Waals surface area contributed by atoms with Crippen molar-refractivity contribution in [2.75, 3.05) is 37.6 Å². The van der Waals surface area contributed by atoms with Gasteiger partial charge in [0.1, 0.15) is 0 Å². The fourth-order valence-electron chi connectivity index (χ4n) is 4.00. The molecule has 136 valence electrons. The molecule has 5 nitrogen and oxygen atoms in total. The van der Waals surface area contributed by atoms with Crippen LogP contribution in [0.5, 0.6) is 0 Å². The van der Waals surface area contributed by atoms with Crippen LogP contribution in [-0.2, 0) is 0 Å². The van der Waals surface area contributed by atoms with Gasteiger partial charge in [-0.3, -0.25) is 4.79 Å². The zero-order valence-electron chi connectivity index (χ0n) is 14.9. The van der Waals surface area contributed by atoms with Gasteiger partial charge in [-0.25, -0.2) is 0 Å². The molecule has 1 aliphatic carbocycles. The standard InChI is InChI=1S/C20H29N3O2/c24-19-8-11-23(12-9-19)18-5-3-16(4-6-18)20(25)21-17-7-10-22(14-17)13-15-1-2-15/h3-6,15,17,19,24H,1-2,7-14H2,(H,21,25)/t17-/m1/s1. The van der Waals surface area contributed by atoms with Crippen LogP contribution in [0.3, 0.4) is 0 Å². The molecular weight excluding hydrogens is 314 g/mol. The largest absolute Gasteiger partial charge is 0.393 e. The van der Waals surface area contributed by atoms with Crippen LogP contribution in [-0.4, -0.2) is 60.8 Å². The summed E-state index contributed by atoms with van der Waals surface area (Å²) in [6, 6.07) is 8.19. The highest BCUT2D eigenvalue weighted by Crippen LogP contribution is 2.30. The number of nitrogens with one attached hydrogen (secondary N) is 1. The number of likely N-dealkylation sites (tertiary alicyclic amines) is 1. The topological polar surface area (TPSA) is 55.8 Å². The fraction of sp³-hybridized carbons (Fsp3) is 0.650. The lowest BCUT2D eigenvalue weighted by Crippen LogP contribution is -2.37. The van der Waals surface area contributed by atoms with Crippen molar-refractivity contribution >= 4 is 11.6 Å². The lowest BCUT2D eigenvalue weighted by Gasteiger charge is -2.31. The van der Waals surface area contributed by atoms with E-state index >= 15 is 0 Å². The summed E-state index contributed by atoms with van der Waals surface area (Å²) in [4.78, 5) is 17.3. The highest BCUT2D eigenvalue weighted by molar-refractivity contribution is 5.94. The number of aliphatic hydroxyl groups excluding tert-OH is 1. The van der Waals surface area contributed by atoms with E-state index in [9.17, 15) is 9.90 Å². The molecular formula is C20H29N3O2. The zero-order valence-corrected chi connectivity index (χ0v) is 14.9. The number of aliphatic hydroxyl groups is 1. The van der Waals surface area contributed by atoms with Gasteiger partial charge in [0.2, 0.25) is 0 Å². The molecule has 1 aromatic rings. The molecule has 25 heavy (non-hydrogen) atoms. The maximum Gasteiger partial charge on any atom is 0.251 e. The average Bonchev–Trinajstić information content (AvgIpc) is 3.33. The molecule has 5 heteroatoms. The monoisotopic (exact) mass is 343 g/mol. The number of benzene rings is 1. The van der Waals surface area contributed by atoms with Crippen LogP contribution in [0.25, 0.3) is 0 Å². The Bertz CT molecular complexity index is 591. The lowest BCUT2D eigenvalue weighted by molar-refractivity contribution is 0.0937. The Morgan fingerprint density at radius 2 is 1.76 bits per heavy atom. The van der Waals surface area contributed by atoms with Crippen molar-refractivity contribution in [2.45, 2.75) is 44.2 Å². The van der Waals surface area contributed by atoms with Crippen LogP contribution in [0.2, 0.25) is 0 Å². The molecule has 1 aromatic carbocycles. The summed E-state index contributed by atoms with van der Waals surface area (Å²) in [6.45, 7) is 5.08. The Kier molecular flexibility index (Phi) is 4.95. The van der Waals surface area contributed by atoms with Crippen molar-refractivity contribution < 1.29 is 9.90 Å². The Labute approximate surface area is 150 Å². The van der Waals surface area contributed by atoms with Crippen molar-refractivity contribution in [2.24, 2.45) is 5.92 Å². The summed E-state index contributed by atoms with van der Waals surface area (Å²) >= 11 is 0. The molecule has 2 heterocycles. The number of amides is 1. The average molecular weight is 343 g/mol. The van der Waals surface area contributed by atoms with Gasteiger partial charge in [0.05, 0.1) is 6.10 Å². The van der Waals surface area contributed by atoms with Crippen molar-refractivity contribution in [3.63, 3.8) is 0 Å². The first-order valence-corrected chi connectivity index (χ1v) is 9.73. The zero-order chi connectivity index (χ0) is 17.2. The molecule has 2 N–H and O–H groups in total. The van der Waals surface area contributed by atoms with Gasteiger partial charge in [-0.2, -0.15) is 0 Å². The van der Waals surface area contributed by atoms with E-state index < -0.39 is 0 Å². The Morgan fingerprint density at radius 1 is 1.04 bits per heavy atom. The summed E-state index contributed by atoms with van der Waals surface area (Å²) in [7, 11) is 0. The van der Waals surface area contributed by atoms with Crippen LogP contribution in [0.1, 0.15) is 42.5 Å². The van der Waals surface area contributed by atoms with E-state index in [0.29, 0.717) is 0 Å². The fourth-order valence-corrected chi connectivity index (χ4v) is 4.00. The molecule has 0 spiro atoms. The van der Waals surface area contributed by atoms with Crippen LogP contribution in [0.15, 0.2) is 24.3 Å². The normalized spacial score (nSPS) is 25.3. The Hall–Kier alpha value is -1.59. The Morgan fingerprint density at radius 3 is 2.44 bits per heavy atom. The van der Waals surface area contributed by atoms with Gasteiger partial charge in [0.15, 0.2) is 0 Å². The van der Waals surface area contributed by atoms with E-state index in [2.05, 4.69) is 15.1 Å². The first-order chi connectivity index (χ1) is 12.2. The number of anilines is 1. The molecule has 1 atom stereocenters. The third kappa shape index (κ3) is 4.33. The lowest BCUT2D eigenvalue weighted by atomic mass is 10.1. The van der Waals surface area contributed by atoms with Gasteiger partial charge in [-0.05, 0) is 62.3 Å². The molecule has 3 aliphatic rings. The molecule has 3 fully saturated rings. The van der Waals surface area contributed by atoms with E-state index in [1.54, 1.807) is 0 Å². The van der Waals surface area contributed by atoms with Crippen LogP contribution in [0, 0.1) is 5.92 Å². The van der Waals surface area contributed by atoms with E-state index in [4.69, 9.17) is 0 Å². The number of carbonyl (C=O) groups is 1. The second-order valence-electron chi connectivity index (χ2n) is 7.93. The van der Waals surface area contributed by atoms with Crippen molar-refractivity contribution in [3.05, 3.63) is 29.8 Å². The van der Waals surface area contributed by atoms with Crippen molar-refractivity contribution in [1.29, 1.82) is 0 Å². The quantitative estimate of drug-likeness (QED) is 0.857. The van der Waals surface area contributed by atoms with Gasteiger partial charge in [-0.15, -0.1) is 0 Å². The van der Waals surface area contributed by atoms with Gasteiger partial charge in [0, 0.05) is 50.0 Å². The molecule has 0 bridgehead atoms. The number of piperidine rings is 1. The second-order valence-corrected chi connectivity index (χ2v) is 7.93. The highest BCUT2D eigenvalue weighted by Gasteiger charge is 2.29. The smallest absolute Gasteiger partial charge is 0.251 e. The summed E-state index contributed by atoms with van der Waals surface area (Å²) < 4.78 is 0. The number of nitrogens with zero attached hydrogens (tertiary/aromatic N) is 2. The van der Waals surface area contributed by atoms with E-state index in [-0.39, 0.29) is 18.1 Å². The number of carbonyl (C=O) groups excluding carboxylic acids is 1. The van der Waals surface area contributed by atoms with Crippen LogP contribution >= 0.6 is 0 Å². The minimum Gasteiger partial charge on any atom is -0.393 e. The number of hydrogen-bond acceptors (Lipinski definition) is 4. The molecule has 0 aromatic heterocycles. The predicted octanol–water partition coefficient (Wildman–Crippen LogP) is 1.86. The van der Waals surface area contributed by atoms with Crippen LogP contribution < -0.4 is 10.2 Å². The van der Waals surface area contributed by atoms with Gasteiger partial charge in [-0.1, -0.05) is 0 Å². The van der Waals surface area contributed by atoms with E-state index in [1.807, 2.05) is 24.3 Å². The summed E-state index contributed by atoms with van der Waals surface area (Å²) in [6.07, 6.45) is 5.31. The first-order valence-electron chi connectivity index (χ1n) is 9.73. The summed E-state index contributed by atoms with van der Waals surface area (Å²) in [5, 5.41) is 12.8. The summed E-state index contributed by atoms with van der Waals surface area (Å²) in [5.74, 6) is 0.955. The summed E-state index contributed by atoms with van der Waals surface area (Å²) in [5.41, 5.74) is 1.88. The number of rotatable bonds is 5. The van der Waals surface area contributed by atoms with Gasteiger partial charge in [0.25, 0.3) is 5.91 Å². The predicted molar refractivity (Wildman–Crippen MR) is 98.9 cm³/mol. The molecule has 1 saturated carbocycles. The number of hydrogen-bond donors (Lipinski definition) is 2. The van der Waals surface area contributed by atoms with Gasteiger partial charge >= 0.3 is 0 Å². The highest BCUT2D eigenvalue weighted by atomic mass is 16.3. The molecule has 2 aliphatic heterocycles. The minimum absolute atomic E-state index is 0.0406. The van der Waals surface area contributed by atoms with Crippen molar-refractivity contribution in [1.82, 2.24) is 10.2 Å². The third-order valence-corrected chi connectivity index (χ3v) is 5.78. The molecule has 1 amide bonds.